The van der Waals surface area contributed by atoms with E-state index < -0.39 is 0 Å². The molecule has 1 N–H and O–H groups in total. The smallest absolute Gasteiger partial charge is 0.230 e. The third-order valence-electron chi connectivity index (χ3n) is 4.74. The molecule has 0 saturated carbocycles. The molecule has 0 radical (unpaired) electrons. The Hall–Kier alpha value is -3.00. The van der Waals surface area contributed by atoms with Crippen LogP contribution in [-0.4, -0.2) is 47.8 Å². The Bertz CT molecular complexity index is 912. The fraction of sp³-hybridized carbons (Fsp3) is 0.286. The highest BCUT2D eigenvalue weighted by Crippen LogP contribution is 2.22. The first-order valence-corrected chi connectivity index (χ1v) is 10.6. The van der Waals surface area contributed by atoms with Gasteiger partial charge in [-0.05, 0) is 24.3 Å². The second-order valence-electron chi connectivity index (χ2n) is 6.67. The molecule has 0 unspecified atom stereocenters. The Morgan fingerprint density at radius 3 is 2.59 bits per heavy atom. The van der Waals surface area contributed by atoms with Crippen LogP contribution in [0.15, 0.2) is 70.6 Å². The van der Waals surface area contributed by atoms with Gasteiger partial charge in [0.05, 0.1) is 18.6 Å². The molecule has 1 aliphatic heterocycles. The number of hydrogen-bond donors (Lipinski definition) is 1. The van der Waals surface area contributed by atoms with Crippen molar-refractivity contribution in [3.8, 4) is 0 Å². The van der Waals surface area contributed by atoms with Crippen molar-refractivity contribution >= 4 is 29.2 Å². The highest BCUT2D eigenvalue weighted by atomic mass is 32.2. The van der Waals surface area contributed by atoms with Gasteiger partial charge in [-0.1, -0.05) is 30.0 Å². The minimum Gasteiger partial charge on any atom is -0.467 e. The molecule has 1 aromatic carbocycles. The Morgan fingerprint density at radius 2 is 1.83 bits per heavy atom. The van der Waals surface area contributed by atoms with Crippen LogP contribution in [-0.2, 0) is 11.3 Å². The molecular formula is C21H23N5O2S. The Morgan fingerprint density at radius 1 is 1.03 bits per heavy atom. The van der Waals surface area contributed by atoms with Gasteiger partial charge < -0.3 is 19.5 Å². The zero-order valence-electron chi connectivity index (χ0n) is 16.0. The number of aromatic nitrogens is 2. The van der Waals surface area contributed by atoms with Gasteiger partial charge in [-0.25, -0.2) is 9.97 Å². The summed E-state index contributed by atoms with van der Waals surface area (Å²) in [6.07, 6.45) is 3.17. The van der Waals surface area contributed by atoms with Crippen LogP contribution in [0.4, 0.5) is 11.5 Å². The van der Waals surface area contributed by atoms with E-state index in [-0.39, 0.29) is 5.91 Å². The summed E-state index contributed by atoms with van der Waals surface area (Å²) >= 11 is 1.41. The molecule has 7 nitrogen and oxygen atoms in total. The van der Waals surface area contributed by atoms with Crippen LogP contribution in [0.1, 0.15) is 5.76 Å². The SMILES string of the molecule is O=C(CSc1cc(N2CCN(c3ccccc3)CC2)ncn1)NCc1ccco1. The van der Waals surface area contributed by atoms with Gasteiger partial charge in [-0.2, -0.15) is 0 Å². The van der Waals surface area contributed by atoms with E-state index in [0.29, 0.717) is 12.3 Å². The molecule has 3 aromatic rings. The molecule has 4 rings (SSSR count). The molecule has 1 saturated heterocycles. The van der Waals surface area contributed by atoms with E-state index in [0.717, 1.165) is 42.8 Å². The molecule has 3 heterocycles. The van der Waals surface area contributed by atoms with Gasteiger partial charge in [0.15, 0.2) is 0 Å². The molecule has 150 valence electrons. The first kappa shape index (κ1) is 19.3. The molecule has 0 bridgehead atoms. The highest BCUT2D eigenvalue weighted by molar-refractivity contribution is 7.99. The summed E-state index contributed by atoms with van der Waals surface area (Å²) in [6.45, 7) is 4.10. The van der Waals surface area contributed by atoms with E-state index in [1.54, 1.807) is 18.7 Å². The lowest BCUT2D eigenvalue weighted by atomic mass is 10.2. The maximum absolute atomic E-state index is 12.0. The number of anilines is 2. The number of furan rings is 1. The number of para-hydroxylation sites is 1. The van der Waals surface area contributed by atoms with Crippen molar-refractivity contribution in [3.05, 3.63) is 66.9 Å². The number of benzene rings is 1. The third-order valence-corrected chi connectivity index (χ3v) is 5.67. The van der Waals surface area contributed by atoms with Gasteiger partial charge in [0.25, 0.3) is 0 Å². The Kier molecular flexibility index (Phi) is 6.31. The van der Waals surface area contributed by atoms with E-state index in [2.05, 4.69) is 49.4 Å². The van der Waals surface area contributed by atoms with Crippen LogP contribution in [0.5, 0.6) is 0 Å². The average molecular weight is 410 g/mol. The van der Waals surface area contributed by atoms with Crippen LogP contribution in [0.2, 0.25) is 0 Å². The summed E-state index contributed by atoms with van der Waals surface area (Å²) in [5, 5.41) is 3.64. The second-order valence-corrected chi connectivity index (χ2v) is 7.66. The van der Waals surface area contributed by atoms with Gasteiger partial charge >= 0.3 is 0 Å². The summed E-state index contributed by atoms with van der Waals surface area (Å²) in [4.78, 5) is 25.4. The fourth-order valence-electron chi connectivity index (χ4n) is 3.20. The highest BCUT2D eigenvalue weighted by Gasteiger charge is 2.18. The van der Waals surface area contributed by atoms with Crippen molar-refractivity contribution in [1.29, 1.82) is 0 Å². The first-order valence-electron chi connectivity index (χ1n) is 9.57. The second kappa shape index (κ2) is 9.47. The number of thioether (sulfide) groups is 1. The summed E-state index contributed by atoms with van der Waals surface area (Å²) < 4.78 is 5.21. The van der Waals surface area contributed by atoms with Crippen LogP contribution in [0.25, 0.3) is 0 Å². The topological polar surface area (TPSA) is 74.5 Å². The minimum atomic E-state index is -0.0527. The lowest BCUT2D eigenvalue weighted by Gasteiger charge is -2.36. The number of carbonyl (C=O) groups is 1. The molecule has 0 atom stereocenters. The zero-order chi connectivity index (χ0) is 19.9. The molecule has 0 spiro atoms. The number of carbonyl (C=O) groups excluding carboxylic acids is 1. The summed E-state index contributed by atoms with van der Waals surface area (Å²) in [6, 6.07) is 16.1. The Balaban J connectivity index is 1.27. The quantitative estimate of drug-likeness (QED) is 0.475. The van der Waals surface area contributed by atoms with E-state index in [1.807, 2.05) is 18.2 Å². The van der Waals surface area contributed by atoms with Crippen molar-refractivity contribution in [1.82, 2.24) is 15.3 Å². The van der Waals surface area contributed by atoms with Crippen molar-refractivity contribution in [2.45, 2.75) is 11.6 Å². The van der Waals surface area contributed by atoms with Crippen LogP contribution >= 0.6 is 11.8 Å². The van der Waals surface area contributed by atoms with Crippen LogP contribution in [0.3, 0.4) is 0 Å². The minimum absolute atomic E-state index is 0.0527. The van der Waals surface area contributed by atoms with E-state index in [9.17, 15) is 4.79 Å². The van der Waals surface area contributed by atoms with Crippen molar-refractivity contribution < 1.29 is 9.21 Å². The molecule has 1 aliphatic rings. The molecule has 0 aliphatic carbocycles. The first-order chi connectivity index (χ1) is 14.3. The fourth-order valence-corrected chi connectivity index (χ4v) is 3.90. The number of rotatable bonds is 7. The summed E-state index contributed by atoms with van der Waals surface area (Å²) in [5.74, 6) is 1.90. The molecule has 8 heteroatoms. The number of nitrogens with one attached hydrogen (secondary N) is 1. The lowest BCUT2D eigenvalue weighted by Crippen LogP contribution is -2.46. The Labute approximate surface area is 174 Å². The maximum atomic E-state index is 12.0. The van der Waals surface area contributed by atoms with Crippen LogP contribution in [0, 0.1) is 0 Å². The van der Waals surface area contributed by atoms with Crippen LogP contribution < -0.4 is 15.1 Å². The number of piperazine rings is 1. The maximum Gasteiger partial charge on any atom is 0.230 e. The monoisotopic (exact) mass is 409 g/mol. The van der Waals surface area contributed by atoms with Gasteiger partial charge in [-0.15, -0.1) is 0 Å². The van der Waals surface area contributed by atoms with E-state index in [1.165, 1.54) is 17.4 Å². The van der Waals surface area contributed by atoms with Crippen molar-refractivity contribution in [2.24, 2.45) is 0 Å². The number of amides is 1. The molecule has 2 aromatic heterocycles. The molecular weight excluding hydrogens is 386 g/mol. The van der Waals surface area contributed by atoms with Gasteiger partial charge in [0, 0.05) is 37.9 Å². The molecule has 29 heavy (non-hydrogen) atoms. The average Bonchev–Trinajstić information content (AvgIpc) is 3.31. The molecule has 1 amide bonds. The van der Waals surface area contributed by atoms with E-state index >= 15 is 0 Å². The lowest BCUT2D eigenvalue weighted by molar-refractivity contribution is -0.118. The third kappa shape index (κ3) is 5.29. The largest absolute Gasteiger partial charge is 0.467 e. The normalized spacial score (nSPS) is 14.1. The van der Waals surface area contributed by atoms with Crippen molar-refractivity contribution in [2.75, 3.05) is 41.7 Å². The standard InChI is InChI=1S/C21H23N5O2S/c27-20(22-14-18-7-4-12-28-18)15-29-21-13-19(23-16-24-21)26-10-8-25(9-11-26)17-5-2-1-3-6-17/h1-7,12-13,16H,8-11,14-15H2,(H,22,27). The number of nitrogens with zero attached hydrogens (tertiary/aromatic N) is 4. The van der Waals surface area contributed by atoms with E-state index in [4.69, 9.17) is 4.42 Å². The van der Waals surface area contributed by atoms with Crippen molar-refractivity contribution in [3.63, 3.8) is 0 Å². The zero-order valence-corrected chi connectivity index (χ0v) is 16.8. The predicted molar refractivity (Wildman–Crippen MR) is 114 cm³/mol. The van der Waals surface area contributed by atoms with Gasteiger partial charge in [0.1, 0.15) is 22.9 Å². The van der Waals surface area contributed by atoms with Gasteiger partial charge in [0.2, 0.25) is 5.91 Å². The molecule has 1 fully saturated rings. The number of hydrogen-bond acceptors (Lipinski definition) is 7. The summed E-state index contributed by atoms with van der Waals surface area (Å²) in [7, 11) is 0. The summed E-state index contributed by atoms with van der Waals surface area (Å²) in [5.41, 5.74) is 1.26. The van der Waals surface area contributed by atoms with Gasteiger partial charge in [-0.3, -0.25) is 4.79 Å². The predicted octanol–water partition coefficient (Wildman–Crippen LogP) is 2.80.